The quantitative estimate of drug-likeness (QED) is 0.406. The van der Waals surface area contributed by atoms with Crippen LogP contribution in [0.5, 0.6) is 0 Å². The maximum Gasteiger partial charge on any atom is 0.418 e. The molecule has 1 heterocycles. The Kier molecular flexibility index (Phi) is 6.74. The number of benzene rings is 2. The van der Waals surface area contributed by atoms with E-state index in [0.717, 1.165) is 23.9 Å². The van der Waals surface area contributed by atoms with Crippen LogP contribution in [0.1, 0.15) is 24.5 Å². The van der Waals surface area contributed by atoms with E-state index in [0.29, 0.717) is 11.3 Å². The Labute approximate surface area is 178 Å². The van der Waals surface area contributed by atoms with Gasteiger partial charge in [-0.3, -0.25) is 9.59 Å². The molecule has 2 aromatic carbocycles. The lowest BCUT2D eigenvalue weighted by Gasteiger charge is -2.14. The highest BCUT2D eigenvalue weighted by Gasteiger charge is 2.35. The zero-order chi connectivity index (χ0) is 22.6. The van der Waals surface area contributed by atoms with Gasteiger partial charge in [-0.1, -0.05) is 36.0 Å². The molecule has 0 radical (unpaired) electrons. The van der Waals surface area contributed by atoms with Gasteiger partial charge in [0.15, 0.2) is 5.17 Å². The maximum absolute atomic E-state index is 13.0. The van der Waals surface area contributed by atoms with Crippen molar-refractivity contribution < 1.29 is 27.2 Å². The molecule has 1 saturated heterocycles. The number of amides is 2. The van der Waals surface area contributed by atoms with Crippen molar-refractivity contribution in [2.75, 3.05) is 5.32 Å². The molecule has 0 spiro atoms. The van der Waals surface area contributed by atoms with Gasteiger partial charge < -0.3 is 10.6 Å². The van der Waals surface area contributed by atoms with E-state index in [1.54, 1.807) is 6.92 Å². The number of para-hydroxylation sites is 1. The molecule has 0 aliphatic carbocycles. The first-order valence-corrected chi connectivity index (χ1v) is 9.83. The number of thioether (sulfide) groups is 1. The highest BCUT2D eigenvalue weighted by molar-refractivity contribution is 8.15. The van der Waals surface area contributed by atoms with Crippen molar-refractivity contribution in [3.8, 4) is 0 Å². The molecule has 0 aromatic heterocycles. The van der Waals surface area contributed by atoms with Crippen LogP contribution in [-0.2, 0) is 15.8 Å². The zero-order valence-corrected chi connectivity index (χ0v) is 16.9. The smallest absolute Gasteiger partial charge is 0.325 e. The number of carbonyl (C=O) groups is 2. The fourth-order valence-corrected chi connectivity index (χ4v) is 3.58. The van der Waals surface area contributed by atoms with Crippen LogP contribution in [-0.4, -0.2) is 27.9 Å². The molecular formula is C20H16F4N4O2S. The predicted octanol–water partition coefficient (Wildman–Crippen LogP) is 4.18. The summed E-state index contributed by atoms with van der Waals surface area (Å²) in [6, 6.07) is 10.2. The molecule has 6 nitrogen and oxygen atoms in total. The minimum absolute atomic E-state index is 0.153. The van der Waals surface area contributed by atoms with E-state index in [-0.39, 0.29) is 23.1 Å². The van der Waals surface area contributed by atoms with Gasteiger partial charge in [-0.2, -0.15) is 18.3 Å². The minimum atomic E-state index is -4.62. The predicted molar refractivity (Wildman–Crippen MR) is 110 cm³/mol. The summed E-state index contributed by atoms with van der Waals surface area (Å²) in [4.78, 5) is 24.3. The van der Waals surface area contributed by atoms with Crippen molar-refractivity contribution in [3.05, 3.63) is 65.5 Å². The van der Waals surface area contributed by atoms with Gasteiger partial charge in [0.2, 0.25) is 11.8 Å². The molecule has 2 aromatic rings. The summed E-state index contributed by atoms with van der Waals surface area (Å²) in [7, 11) is 0. The number of amidine groups is 1. The maximum atomic E-state index is 13.0. The van der Waals surface area contributed by atoms with E-state index in [1.807, 2.05) is 0 Å². The van der Waals surface area contributed by atoms with Gasteiger partial charge in [0.25, 0.3) is 0 Å². The van der Waals surface area contributed by atoms with Crippen molar-refractivity contribution in [1.29, 1.82) is 0 Å². The highest BCUT2D eigenvalue weighted by Crippen LogP contribution is 2.34. The Bertz CT molecular complexity index is 1050. The van der Waals surface area contributed by atoms with Gasteiger partial charge in [-0.15, -0.1) is 5.10 Å². The second-order valence-corrected chi connectivity index (χ2v) is 7.68. The van der Waals surface area contributed by atoms with Crippen LogP contribution in [0.15, 0.2) is 58.7 Å². The Hall–Kier alpha value is -3.21. The molecule has 1 aliphatic rings. The van der Waals surface area contributed by atoms with E-state index in [2.05, 4.69) is 20.8 Å². The Morgan fingerprint density at radius 3 is 2.52 bits per heavy atom. The Morgan fingerprint density at radius 2 is 1.84 bits per heavy atom. The minimum Gasteiger partial charge on any atom is -0.325 e. The van der Waals surface area contributed by atoms with Crippen LogP contribution in [0.3, 0.4) is 0 Å². The number of hydrogen-bond acceptors (Lipinski definition) is 5. The summed E-state index contributed by atoms with van der Waals surface area (Å²) < 4.78 is 52.1. The average molecular weight is 452 g/mol. The molecule has 0 saturated carbocycles. The molecule has 3 rings (SSSR count). The molecule has 11 heteroatoms. The van der Waals surface area contributed by atoms with Crippen LogP contribution in [0.25, 0.3) is 0 Å². The van der Waals surface area contributed by atoms with E-state index in [1.165, 1.54) is 36.4 Å². The first-order chi connectivity index (χ1) is 14.6. The lowest BCUT2D eigenvalue weighted by atomic mass is 10.1. The summed E-state index contributed by atoms with van der Waals surface area (Å²) in [5, 5.41) is 11.9. The van der Waals surface area contributed by atoms with Crippen molar-refractivity contribution in [2.24, 2.45) is 10.2 Å². The molecule has 0 bridgehead atoms. The molecule has 1 aliphatic heterocycles. The van der Waals surface area contributed by atoms with Crippen LogP contribution in [0.4, 0.5) is 23.2 Å². The molecule has 31 heavy (non-hydrogen) atoms. The number of hydrogen-bond donors (Lipinski definition) is 2. The summed E-state index contributed by atoms with van der Waals surface area (Å²) in [6.07, 6.45) is -4.97. The van der Waals surface area contributed by atoms with Crippen LogP contribution < -0.4 is 10.6 Å². The van der Waals surface area contributed by atoms with Gasteiger partial charge >= 0.3 is 6.18 Å². The lowest BCUT2D eigenvalue weighted by molar-refractivity contribution is -0.137. The molecule has 1 fully saturated rings. The Morgan fingerprint density at radius 1 is 1.16 bits per heavy atom. The highest BCUT2D eigenvalue weighted by atomic mass is 32.2. The number of nitrogens with zero attached hydrogens (tertiary/aromatic N) is 2. The topological polar surface area (TPSA) is 82.9 Å². The summed E-state index contributed by atoms with van der Waals surface area (Å²) in [6.45, 7) is 1.65. The Balaban J connectivity index is 1.63. The normalized spacial score (nSPS) is 18.2. The molecule has 1 unspecified atom stereocenters. The number of carbonyl (C=O) groups excluding carboxylic acids is 2. The molecule has 2 N–H and O–H groups in total. The summed E-state index contributed by atoms with van der Waals surface area (Å²) in [5.41, 5.74) is -0.233. The lowest BCUT2D eigenvalue weighted by Crippen LogP contribution is -2.28. The fourth-order valence-electron chi connectivity index (χ4n) is 2.66. The third kappa shape index (κ3) is 5.91. The third-order valence-corrected chi connectivity index (χ3v) is 5.28. The molecular weight excluding hydrogens is 436 g/mol. The van der Waals surface area contributed by atoms with E-state index in [9.17, 15) is 27.2 Å². The van der Waals surface area contributed by atoms with Gasteiger partial charge in [0.1, 0.15) is 11.1 Å². The second kappa shape index (κ2) is 9.29. The van der Waals surface area contributed by atoms with Gasteiger partial charge in [0, 0.05) is 6.42 Å². The van der Waals surface area contributed by atoms with Crippen molar-refractivity contribution in [1.82, 2.24) is 5.32 Å². The standard InChI is InChI=1S/C20H16F4N4O2S/c1-11(12-6-8-13(21)9-7-12)27-28-19-26-18(30)16(31-19)10-17(29)25-15-5-3-2-4-14(15)20(22,23)24/h2-9,16H,10H2,1H3,(H,25,29)(H,26,28,30)/b27-11+. The monoisotopic (exact) mass is 452 g/mol. The van der Waals surface area contributed by atoms with Crippen LogP contribution >= 0.6 is 11.8 Å². The van der Waals surface area contributed by atoms with E-state index >= 15 is 0 Å². The van der Waals surface area contributed by atoms with Gasteiger partial charge in [-0.25, -0.2) is 4.39 Å². The number of nitrogens with one attached hydrogen (secondary N) is 2. The summed E-state index contributed by atoms with van der Waals surface area (Å²) >= 11 is 0.946. The fraction of sp³-hybridized carbons (Fsp3) is 0.200. The SMILES string of the molecule is C/C(=N\N=C1/NC(=O)C(CC(=O)Nc2ccccc2C(F)(F)F)S1)c1ccc(F)cc1. The van der Waals surface area contributed by atoms with E-state index in [4.69, 9.17) is 0 Å². The van der Waals surface area contributed by atoms with Gasteiger partial charge in [0.05, 0.1) is 17.0 Å². The number of halogens is 4. The van der Waals surface area contributed by atoms with Crippen LogP contribution in [0.2, 0.25) is 0 Å². The number of rotatable bonds is 5. The molecule has 2 amide bonds. The third-order valence-electron chi connectivity index (χ3n) is 4.21. The van der Waals surface area contributed by atoms with Gasteiger partial charge in [-0.05, 0) is 36.8 Å². The zero-order valence-electron chi connectivity index (χ0n) is 16.0. The first kappa shape index (κ1) is 22.5. The van der Waals surface area contributed by atoms with Crippen molar-refractivity contribution >= 4 is 40.1 Å². The first-order valence-electron chi connectivity index (χ1n) is 8.95. The molecule has 1 atom stereocenters. The number of anilines is 1. The second-order valence-electron chi connectivity index (χ2n) is 6.49. The van der Waals surface area contributed by atoms with Crippen molar-refractivity contribution in [3.63, 3.8) is 0 Å². The summed E-state index contributed by atoms with van der Waals surface area (Å²) in [5.74, 6) is -1.63. The molecule has 162 valence electrons. The number of alkyl halides is 3. The average Bonchev–Trinajstić information content (AvgIpc) is 3.05. The van der Waals surface area contributed by atoms with Crippen LogP contribution in [0, 0.1) is 5.82 Å². The van der Waals surface area contributed by atoms with E-state index < -0.39 is 28.8 Å². The van der Waals surface area contributed by atoms with Crippen molar-refractivity contribution in [2.45, 2.75) is 24.8 Å². The largest absolute Gasteiger partial charge is 0.418 e.